The molecule has 0 unspecified atom stereocenters. The summed E-state index contributed by atoms with van der Waals surface area (Å²) in [5.74, 6) is -1.44. The molecule has 0 aliphatic rings. The number of aromatic nitrogens is 2. The van der Waals surface area contributed by atoms with E-state index in [1.807, 2.05) is 6.92 Å². The molecule has 1 aromatic rings. The highest BCUT2D eigenvalue weighted by molar-refractivity contribution is 5.88. The van der Waals surface area contributed by atoms with E-state index in [1.165, 1.54) is 0 Å². The minimum absolute atomic E-state index is 0.238. The Labute approximate surface area is 69.0 Å². The number of aromatic carboxylic acids is 1. The lowest BCUT2D eigenvalue weighted by molar-refractivity contribution is 0.0687. The normalized spacial score (nSPS) is 10.1. The van der Waals surface area contributed by atoms with Crippen LogP contribution in [0.5, 0.6) is 5.75 Å². The minimum atomic E-state index is -1.19. The Balaban J connectivity index is 2.96. The fourth-order valence-electron chi connectivity index (χ4n) is 0.934. The lowest BCUT2D eigenvalue weighted by atomic mass is 10.2. The van der Waals surface area contributed by atoms with Crippen molar-refractivity contribution in [1.82, 2.24) is 10.2 Å². The Hall–Kier alpha value is -1.52. The quantitative estimate of drug-likeness (QED) is 0.625. The van der Waals surface area contributed by atoms with Crippen molar-refractivity contribution in [2.45, 2.75) is 19.8 Å². The van der Waals surface area contributed by atoms with Crippen LogP contribution >= 0.6 is 0 Å². The maximum absolute atomic E-state index is 10.4. The van der Waals surface area contributed by atoms with Gasteiger partial charge in [0.1, 0.15) is 5.69 Å². The number of rotatable bonds is 3. The van der Waals surface area contributed by atoms with Gasteiger partial charge in [-0.15, -0.1) is 0 Å². The van der Waals surface area contributed by atoms with E-state index in [0.717, 1.165) is 6.42 Å². The van der Waals surface area contributed by atoms with E-state index in [9.17, 15) is 9.90 Å². The number of carboxylic acid groups (broad SMARTS) is 1. The fraction of sp³-hybridized carbons (Fsp3) is 0.429. The van der Waals surface area contributed by atoms with Gasteiger partial charge in [-0.05, 0) is 6.42 Å². The summed E-state index contributed by atoms with van der Waals surface area (Å²) in [7, 11) is 0. The van der Waals surface area contributed by atoms with Gasteiger partial charge in [-0.3, -0.25) is 5.10 Å². The van der Waals surface area contributed by atoms with Gasteiger partial charge in [-0.2, -0.15) is 5.10 Å². The van der Waals surface area contributed by atoms with Crippen molar-refractivity contribution in [1.29, 1.82) is 0 Å². The van der Waals surface area contributed by atoms with Gasteiger partial charge in [-0.25, -0.2) is 4.79 Å². The molecule has 1 rings (SSSR count). The standard InChI is InChI=1S/C7H10N2O3/c1-2-3-4-6(10)5(7(11)12)9-8-4/h10H,2-3H2,1H3,(H,8,9)(H,11,12). The zero-order valence-corrected chi connectivity index (χ0v) is 6.66. The van der Waals surface area contributed by atoms with E-state index in [4.69, 9.17) is 5.11 Å². The van der Waals surface area contributed by atoms with Crippen LogP contribution in [0.25, 0.3) is 0 Å². The number of nitrogens with one attached hydrogen (secondary N) is 1. The monoisotopic (exact) mass is 170 g/mol. The maximum atomic E-state index is 10.4. The van der Waals surface area contributed by atoms with Gasteiger partial charge >= 0.3 is 5.97 Å². The first kappa shape index (κ1) is 8.58. The minimum Gasteiger partial charge on any atom is -0.504 e. The fourth-order valence-corrected chi connectivity index (χ4v) is 0.934. The SMILES string of the molecule is CCCc1n[nH]c(C(=O)O)c1O. The van der Waals surface area contributed by atoms with Crippen LogP contribution in [-0.4, -0.2) is 26.4 Å². The van der Waals surface area contributed by atoms with Gasteiger partial charge in [0, 0.05) is 0 Å². The van der Waals surface area contributed by atoms with Gasteiger partial charge in [0.15, 0.2) is 11.4 Å². The third-order valence-corrected chi connectivity index (χ3v) is 1.51. The molecular weight excluding hydrogens is 160 g/mol. The smallest absolute Gasteiger partial charge is 0.357 e. The van der Waals surface area contributed by atoms with Gasteiger partial charge in [0.2, 0.25) is 0 Å². The number of carboxylic acids is 1. The lowest BCUT2D eigenvalue weighted by Gasteiger charge is -1.92. The summed E-state index contributed by atoms with van der Waals surface area (Å²) < 4.78 is 0. The van der Waals surface area contributed by atoms with E-state index in [-0.39, 0.29) is 11.4 Å². The van der Waals surface area contributed by atoms with E-state index in [0.29, 0.717) is 12.1 Å². The molecule has 5 heteroatoms. The molecule has 0 radical (unpaired) electrons. The van der Waals surface area contributed by atoms with Gasteiger partial charge in [0.05, 0.1) is 0 Å². The molecule has 1 heterocycles. The number of aryl methyl sites for hydroxylation is 1. The van der Waals surface area contributed by atoms with E-state index in [1.54, 1.807) is 0 Å². The third-order valence-electron chi connectivity index (χ3n) is 1.51. The molecule has 1 aromatic heterocycles. The first-order chi connectivity index (χ1) is 5.66. The van der Waals surface area contributed by atoms with Crippen molar-refractivity contribution >= 4 is 5.97 Å². The molecule has 0 aliphatic carbocycles. The predicted molar refractivity (Wildman–Crippen MR) is 41.2 cm³/mol. The molecule has 0 spiro atoms. The summed E-state index contributed by atoms with van der Waals surface area (Å²) in [6, 6.07) is 0. The molecule has 0 aliphatic heterocycles. The van der Waals surface area contributed by atoms with Crippen molar-refractivity contribution < 1.29 is 15.0 Å². The van der Waals surface area contributed by atoms with Gasteiger partial charge in [0.25, 0.3) is 0 Å². The Kier molecular flexibility index (Phi) is 2.32. The van der Waals surface area contributed by atoms with Crippen molar-refractivity contribution in [3.63, 3.8) is 0 Å². The highest BCUT2D eigenvalue weighted by Crippen LogP contribution is 2.20. The Bertz CT molecular complexity index is 293. The molecule has 3 N–H and O–H groups in total. The molecule has 0 amide bonds. The second-order valence-electron chi connectivity index (χ2n) is 2.45. The van der Waals surface area contributed by atoms with Crippen LogP contribution in [0.15, 0.2) is 0 Å². The van der Waals surface area contributed by atoms with Crippen LogP contribution in [0.3, 0.4) is 0 Å². The molecule has 0 saturated heterocycles. The predicted octanol–water partition coefficient (Wildman–Crippen LogP) is 0.766. The number of nitrogens with zero attached hydrogens (tertiary/aromatic N) is 1. The molecule has 0 aromatic carbocycles. The van der Waals surface area contributed by atoms with E-state index >= 15 is 0 Å². The number of hydrogen-bond donors (Lipinski definition) is 3. The summed E-state index contributed by atoms with van der Waals surface area (Å²) in [4.78, 5) is 10.4. The van der Waals surface area contributed by atoms with Crippen LogP contribution in [0.4, 0.5) is 0 Å². The average molecular weight is 170 g/mol. The second-order valence-corrected chi connectivity index (χ2v) is 2.45. The zero-order chi connectivity index (χ0) is 9.14. The highest BCUT2D eigenvalue weighted by Gasteiger charge is 2.16. The Morgan fingerprint density at radius 3 is 2.75 bits per heavy atom. The maximum Gasteiger partial charge on any atom is 0.357 e. The number of hydrogen-bond acceptors (Lipinski definition) is 3. The first-order valence-corrected chi connectivity index (χ1v) is 3.66. The second kappa shape index (κ2) is 3.25. The van der Waals surface area contributed by atoms with E-state index in [2.05, 4.69) is 10.2 Å². The van der Waals surface area contributed by atoms with Crippen LogP contribution in [0, 0.1) is 0 Å². The Morgan fingerprint density at radius 1 is 1.67 bits per heavy atom. The lowest BCUT2D eigenvalue weighted by Crippen LogP contribution is -1.96. The zero-order valence-electron chi connectivity index (χ0n) is 6.66. The third kappa shape index (κ3) is 1.39. The summed E-state index contributed by atoms with van der Waals surface area (Å²) in [6.45, 7) is 1.93. The first-order valence-electron chi connectivity index (χ1n) is 3.66. The average Bonchev–Trinajstić information content (AvgIpc) is 2.34. The largest absolute Gasteiger partial charge is 0.504 e. The van der Waals surface area contributed by atoms with Gasteiger partial charge in [-0.1, -0.05) is 13.3 Å². The van der Waals surface area contributed by atoms with Crippen molar-refractivity contribution in [3.05, 3.63) is 11.4 Å². The molecule has 5 nitrogen and oxygen atoms in total. The van der Waals surface area contributed by atoms with Crippen LogP contribution in [0.1, 0.15) is 29.5 Å². The van der Waals surface area contributed by atoms with Crippen LogP contribution in [-0.2, 0) is 6.42 Å². The molecule has 0 fully saturated rings. The highest BCUT2D eigenvalue weighted by atomic mass is 16.4. The van der Waals surface area contributed by atoms with Crippen LogP contribution in [0.2, 0.25) is 0 Å². The van der Waals surface area contributed by atoms with Crippen molar-refractivity contribution in [2.24, 2.45) is 0 Å². The molecule has 0 atom stereocenters. The number of aromatic hydroxyl groups is 1. The number of H-pyrrole nitrogens is 1. The summed E-state index contributed by atoms with van der Waals surface area (Å²) in [6.07, 6.45) is 1.40. The molecular formula is C7H10N2O3. The van der Waals surface area contributed by atoms with Crippen LogP contribution < -0.4 is 0 Å². The topological polar surface area (TPSA) is 86.2 Å². The van der Waals surface area contributed by atoms with E-state index < -0.39 is 5.97 Å². The van der Waals surface area contributed by atoms with Gasteiger partial charge < -0.3 is 10.2 Å². The van der Waals surface area contributed by atoms with Crippen molar-refractivity contribution in [3.8, 4) is 5.75 Å². The molecule has 0 saturated carbocycles. The number of carbonyl (C=O) groups is 1. The summed E-state index contributed by atoms with van der Waals surface area (Å²) >= 11 is 0. The van der Waals surface area contributed by atoms with Crippen molar-refractivity contribution in [2.75, 3.05) is 0 Å². The molecule has 66 valence electrons. The molecule has 0 bridgehead atoms. The number of aromatic amines is 1. The Morgan fingerprint density at radius 2 is 2.33 bits per heavy atom. The summed E-state index contributed by atoms with van der Waals surface area (Å²) in [5, 5.41) is 23.7. The summed E-state index contributed by atoms with van der Waals surface area (Å²) in [5.41, 5.74) is 0.174. The molecule has 12 heavy (non-hydrogen) atoms.